The number of nitro groups is 1. The molecular formula is C13H17N3O3. The number of hydrogen-bond donors (Lipinski definition) is 0. The highest BCUT2D eigenvalue weighted by Gasteiger charge is 2.16. The summed E-state index contributed by atoms with van der Waals surface area (Å²) in [5.41, 5.74) is 0.650. The Hall–Kier alpha value is -2.13. The van der Waals surface area contributed by atoms with Crippen LogP contribution in [0.5, 0.6) is 0 Å². The van der Waals surface area contributed by atoms with Crippen molar-refractivity contribution in [1.82, 2.24) is 0 Å². The van der Waals surface area contributed by atoms with Gasteiger partial charge in [0.25, 0.3) is 5.69 Å². The molecule has 0 spiro atoms. The van der Waals surface area contributed by atoms with E-state index in [2.05, 4.69) is 0 Å². The lowest BCUT2D eigenvalue weighted by Gasteiger charge is -2.22. The molecule has 19 heavy (non-hydrogen) atoms. The van der Waals surface area contributed by atoms with Crippen molar-refractivity contribution in [2.24, 2.45) is 0 Å². The summed E-state index contributed by atoms with van der Waals surface area (Å²) in [5.74, 6) is 0. The standard InChI is InChI=1S/C13H17N3O3/c1-3-15(7-8-19-4-2)12-6-5-11(10-14)13(9-12)16(17)18/h5-6,9H,3-4,7-8H2,1-2H3. The molecule has 0 amide bonds. The summed E-state index contributed by atoms with van der Waals surface area (Å²) < 4.78 is 5.28. The molecule has 0 bridgehead atoms. The van der Waals surface area contributed by atoms with Gasteiger partial charge in [-0.1, -0.05) is 0 Å². The summed E-state index contributed by atoms with van der Waals surface area (Å²) in [5, 5.41) is 19.8. The Labute approximate surface area is 112 Å². The summed E-state index contributed by atoms with van der Waals surface area (Å²) in [6, 6.07) is 6.47. The quantitative estimate of drug-likeness (QED) is 0.428. The molecular weight excluding hydrogens is 246 g/mol. The van der Waals surface area contributed by atoms with Gasteiger partial charge in [-0.2, -0.15) is 5.26 Å². The lowest BCUT2D eigenvalue weighted by atomic mass is 10.1. The predicted molar refractivity (Wildman–Crippen MR) is 72.2 cm³/mol. The van der Waals surface area contributed by atoms with Crippen LogP contribution in [0.2, 0.25) is 0 Å². The Bertz CT molecular complexity index is 483. The van der Waals surface area contributed by atoms with Gasteiger partial charge in [-0.25, -0.2) is 0 Å². The minimum absolute atomic E-state index is 0.0783. The smallest absolute Gasteiger partial charge is 0.289 e. The third-order valence-electron chi connectivity index (χ3n) is 2.75. The molecule has 0 aliphatic carbocycles. The van der Waals surface area contributed by atoms with Gasteiger partial charge in [0.05, 0.1) is 11.5 Å². The van der Waals surface area contributed by atoms with Crippen LogP contribution in [-0.2, 0) is 4.74 Å². The molecule has 6 heteroatoms. The van der Waals surface area contributed by atoms with E-state index in [4.69, 9.17) is 10.00 Å². The first-order chi connectivity index (χ1) is 9.13. The molecule has 0 aromatic heterocycles. The van der Waals surface area contributed by atoms with Crippen LogP contribution in [0.4, 0.5) is 11.4 Å². The highest BCUT2D eigenvalue weighted by Crippen LogP contribution is 2.25. The van der Waals surface area contributed by atoms with E-state index >= 15 is 0 Å². The number of nitrogens with zero attached hydrogens (tertiary/aromatic N) is 3. The number of likely N-dealkylation sites (N-methyl/N-ethyl adjacent to an activating group) is 1. The van der Waals surface area contributed by atoms with E-state index < -0.39 is 4.92 Å². The highest BCUT2D eigenvalue weighted by molar-refractivity contribution is 5.60. The highest BCUT2D eigenvalue weighted by atomic mass is 16.6. The van der Waals surface area contributed by atoms with Crippen LogP contribution in [-0.4, -0.2) is 31.2 Å². The first-order valence-electron chi connectivity index (χ1n) is 6.15. The minimum atomic E-state index is -0.529. The minimum Gasteiger partial charge on any atom is -0.380 e. The number of rotatable bonds is 7. The maximum absolute atomic E-state index is 10.9. The maximum atomic E-state index is 10.9. The first kappa shape index (κ1) is 14.9. The van der Waals surface area contributed by atoms with Crippen LogP contribution in [0.15, 0.2) is 18.2 Å². The number of ether oxygens (including phenoxy) is 1. The second kappa shape index (κ2) is 7.34. The molecule has 0 heterocycles. The number of benzene rings is 1. The Morgan fingerprint density at radius 2 is 2.21 bits per heavy atom. The summed E-state index contributed by atoms with van der Waals surface area (Å²) >= 11 is 0. The zero-order valence-electron chi connectivity index (χ0n) is 11.1. The van der Waals surface area contributed by atoms with E-state index in [9.17, 15) is 10.1 Å². The Balaban J connectivity index is 2.96. The van der Waals surface area contributed by atoms with E-state index in [1.807, 2.05) is 24.8 Å². The van der Waals surface area contributed by atoms with Crippen molar-refractivity contribution >= 4 is 11.4 Å². The second-order valence-electron chi connectivity index (χ2n) is 3.85. The monoisotopic (exact) mass is 263 g/mol. The molecule has 1 rings (SSSR count). The maximum Gasteiger partial charge on any atom is 0.289 e. The Kier molecular flexibility index (Phi) is 5.76. The normalized spacial score (nSPS) is 9.95. The van der Waals surface area contributed by atoms with E-state index in [1.54, 1.807) is 6.07 Å². The van der Waals surface area contributed by atoms with Gasteiger partial charge in [-0.3, -0.25) is 10.1 Å². The molecule has 0 aliphatic rings. The SMILES string of the molecule is CCOCCN(CC)c1ccc(C#N)c([N+](=O)[O-])c1. The van der Waals surface area contributed by atoms with Gasteiger partial charge in [0, 0.05) is 31.5 Å². The second-order valence-corrected chi connectivity index (χ2v) is 3.85. The number of nitriles is 1. The van der Waals surface area contributed by atoms with Gasteiger partial charge in [0.1, 0.15) is 11.6 Å². The number of hydrogen-bond acceptors (Lipinski definition) is 5. The van der Waals surface area contributed by atoms with Gasteiger partial charge in [-0.15, -0.1) is 0 Å². The van der Waals surface area contributed by atoms with E-state index in [1.165, 1.54) is 12.1 Å². The molecule has 6 nitrogen and oxygen atoms in total. The lowest BCUT2D eigenvalue weighted by molar-refractivity contribution is -0.385. The average molecular weight is 263 g/mol. The van der Waals surface area contributed by atoms with Crippen LogP contribution in [0.3, 0.4) is 0 Å². The van der Waals surface area contributed by atoms with Gasteiger partial charge in [0.15, 0.2) is 0 Å². The largest absolute Gasteiger partial charge is 0.380 e. The molecule has 0 saturated heterocycles. The topological polar surface area (TPSA) is 79.4 Å². The summed E-state index contributed by atoms with van der Waals surface area (Å²) in [7, 11) is 0. The van der Waals surface area contributed by atoms with Gasteiger partial charge >= 0.3 is 0 Å². The molecule has 1 aromatic carbocycles. The van der Waals surface area contributed by atoms with Crippen molar-refractivity contribution in [2.45, 2.75) is 13.8 Å². The van der Waals surface area contributed by atoms with Crippen LogP contribution in [0.1, 0.15) is 19.4 Å². The fraction of sp³-hybridized carbons (Fsp3) is 0.462. The fourth-order valence-corrected chi connectivity index (χ4v) is 1.75. The van der Waals surface area contributed by atoms with E-state index in [0.717, 1.165) is 12.2 Å². The summed E-state index contributed by atoms with van der Waals surface area (Å²) in [6.45, 7) is 6.48. The van der Waals surface area contributed by atoms with E-state index in [-0.39, 0.29) is 11.3 Å². The molecule has 0 atom stereocenters. The number of nitro benzene ring substituents is 1. The van der Waals surface area contributed by atoms with Crippen molar-refractivity contribution in [2.75, 3.05) is 31.2 Å². The third kappa shape index (κ3) is 3.93. The molecule has 0 aliphatic heterocycles. The third-order valence-corrected chi connectivity index (χ3v) is 2.75. The van der Waals surface area contributed by atoms with E-state index in [0.29, 0.717) is 19.8 Å². The molecule has 0 fully saturated rings. The molecule has 0 N–H and O–H groups in total. The lowest BCUT2D eigenvalue weighted by Crippen LogP contribution is -2.27. The summed E-state index contributed by atoms with van der Waals surface area (Å²) in [4.78, 5) is 12.4. The van der Waals surface area contributed by atoms with Crippen LogP contribution >= 0.6 is 0 Å². The number of anilines is 1. The van der Waals surface area contributed by atoms with Gasteiger partial charge < -0.3 is 9.64 Å². The van der Waals surface area contributed by atoms with Crippen molar-refractivity contribution in [3.05, 3.63) is 33.9 Å². The predicted octanol–water partition coefficient (Wildman–Crippen LogP) is 2.33. The molecule has 102 valence electrons. The van der Waals surface area contributed by atoms with Crippen molar-refractivity contribution in [3.8, 4) is 6.07 Å². The zero-order chi connectivity index (χ0) is 14.3. The molecule has 1 aromatic rings. The van der Waals surface area contributed by atoms with Gasteiger partial charge in [0.2, 0.25) is 0 Å². The van der Waals surface area contributed by atoms with Crippen LogP contribution in [0.25, 0.3) is 0 Å². The summed E-state index contributed by atoms with van der Waals surface area (Å²) in [6.07, 6.45) is 0. The van der Waals surface area contributed by atoms with Crippen molar-refractivity contribution < 1.29 is 9.66 Å². The molecule has 0 radical (unpaired) electrons. The molecule has 0 saturated carbocycles. The average Bonchev–Trinajstić information content (AvgIpc) is 2.43. The van der Waals surface area contributed by atoms with Crippen LogP contribution in [0, 0.1) is 21.4 Å². The van der Waals surface area contributed by atoms with Crippen molar-refractivity contribution in [3.63, 3.8) is 0 Å². The zero-order valence-corrected chi connectivity index (χ0v) is 11.1. The van der Waals surface area contributed by atoms with Gasteiger partial charge in [-0.05, 0) is 26.0 Å². The first-order valence-corrected chi connectivity index (χ1v) is 6.15. The fourth-order valence-electron chi connectivity index (χ4n) is 1.75. The Morgan fingerprint density at radius 3 is 2.74 bits per heavy atom. The molecule has 0 unspecified atom stereocenters. The Morgan fingerprint density at radius 1 is 1.47 bits per heavy atom. The van der Waals surface area contributed by atoms with Crippen LogP contribution < -0.4 is 4.90 Å². The van der Waals surface area contributed by atoms with Crippen molar-refractivity contribution in [1.29, 1.82) is 5.26 Å².